The molecule has 21 heavy (non-hydrogen) atoms. The van der Waals surface area contributed by atoms with E-state index >= 15 is 0 Å². The summed E-state index contributed by atoms with van der Waals surface area (Å²) in [6.45, 7) is 3.06. The van der Waals surface area contributed by atoms with E-state index in [9.17, 15) is 0 Å². The first-order valence-corrected chi connectivity index (χ1v) is 8.01. The number of anilines is 2. The van der Waals surface area contributed by atoms with Crippen LogP contribution >= 0.6 is 11.3 Å². The second-order valence-corrected chi connectivity index (χ2v) is 6.41. The SMILES string of the molecule is Nc1cccc(C=CCN2CCc3nc(N)sc3CC2)c1. The largest absolute Gasteiger partial charge is 0.399 e. The summed E-state index contributed by atoms with van der Waals surface area (Å²) in [7, 11) is 0. The van der Waals surface area contributed by atoms with E-state index in [0.717, 1.165) is 43.7 Å². The Morgan fingerprint density at radius 3 is 2.95 bits per heavy atom. The Morgan fingerprint density at radius 2 is 2.10 bits per heavy atom. The van der Waals surface area contributed by atoms with Crippen LogP contribution in [0.25, 0.3) is 6.08 Å². The molecule has 2 heterocycles. The minimum Gasteiger partial charge on any atom is -0.399 e. The van der Waals surface area contributed by atoms with Gasteiger partial charge in [0.05, 0.1) is 5.69 Å². The molecule has 0 saturated heterocycles. The monoisotopic (exact) mass is 300 g/mol. The minimum atomic E-state index is 0.704. The van der Waals surface area contributed by atoms with Crippen molar-refractivity contribution in [3.8, 4) is 0 Å². The van der Waals surface area contributed by atoms with Crippen molar-refractivity contribution in [2.75, 3.05) is 31.1 Å². The third-order valence-electron chi connectivity index (χ3n) is 3.70. The number of aromatic nitrogens is 1. The maximum absolute atomic E-state index is 5.78. The van der Waals surface area contributed by atoms with Crippen molar-refractivity contribution in [3.63, 3.8) is 0 Å². The van der Waals surface area contributed by atoms with Gasteiger partial charge in [-0.1, -0.05) is 24.3 Å². The number of hydrogen-bond donors (Lipinski definition) is 2. The van der Waals surface area contributed by atoms with Crippen LogP contribution in [0.3, 0.4) is 0 Å². The van der Waals surface area contributed by atoms with Crippen molar-refractivity contribution in [1.82, 2.24) is 9.88 Å². The van der Waals surface area contributed by atoms with Crippen molar-refractivity contribution in [2.24, 2.45) is 0 Å². The molecule has 0 aliphatic carbocycles. The maximum Gasteiger partial charge on any atom is 0.180 e. The number of benzene rings is 1. The molecule has 5 heteroatoms. The van der Waals surface area contributed by atoms with Crippen LogP contribution in [0, 0.1) is 0 Å². The summed E-state index contributed by atoms with van der Waals surface area (Å²) < 4.78 is 0. The van der Waals surface area contributed by atoms with Crippen molar-refractivity contribution in [3.05, 3.63) is 46.5 Å². The Morgan fingerprint density at radius 1 is 1.24 bits per heavy atom. The lowest BCUT2D eigenvalue weighted by Gasteiger charge is -2.17. The highest BCUT2D eigenvalue weighted by Crippen LogP contribution is 2.24. The second-order valence-electron chi connectivity index (χ2n) is 5.30. The van der Waals surface area contributed by atoms with Gasteiger partial charge in [-0.3, -0.25) is 4.90 Å². The Hall–Kier alpha value is -1.85. The van der Waals surface area contributed by atoms with Gasteiger partial charge in [0.2, 0.25) is 0 Å². The Bertz CT molecular complexity index is 622. The van der Waals surface area contributed by atoms with Crippen LogP contribution in [0.15, 0.2) is 30.3 Å². The van der Waals surface area contributed by atoms with Crippen LogP contribution in [0.1, 0.15) is 16.1 Å². The molecule has 0 atom stereocenters. The first-order chi connectivity index (χ1) is 10.2. The maximum atomic E-state index is 5.78. The minimum absolute atomic E-state index is 0.704. The lowest BCUT2D eigenvalue weighted by Crippen LogP contribution is -2.26. The van der Waals surface area contributed by atoms with Crippen molar-refractivity contribution >= 4 is 28.2 Å². The van der Waals surface area contributed by atoms with E-state index in [1.165, 1.54) is 10.6 Å². The third-order valence-corrected chi connectivity index (χ3v) is 4.69. The van der Waals surface area contributed by atoms with E-state index in [4.69, 9.17) is 11.5 Å². The zero-order valence-corrected chi connectivity index (χ0v) is 12.8. The van der Waals surface area contributed by atoms with Gasteiger partial charge >= 0.3 is 0 Å². The average Bonchev–Trinajstić information content (AvgIpc) is 2.71. The van der Waals surface area contributed by atoms with Crippen molar-refractivity contribution in [1.29, 1.82) is 0 Å². The van der Waals surface area contributed by atoms with Crippen LogP contribution in [0.5, 0.6) is 0 Å². The molecule has 1 aromatic heterocycles. The summed E-state index contributed by atoms with van der Waals surface area (Å²) in [5.41, 5.74) is 14.7. The fraction of sp³-hybridized carbons (Fsp3) is 0.312. The van der Waals surface area contributed by atoms with Gasteiger partial charge in [-0.05, 0) is 24.1 Å². The van der Waals surface area contributed by atoms with Crippen LogP contribution < -0.4 is 11.5 Å². The summed E-state index contributed by atoms with van der Waals surface area (Å²) in [6.07, 6.45) is 6.38. The molecule has 1 aromatic carbocycles. The van der Waals surface area contributed by atoms with Crippen LogP contribution in [-0.4, -0.2) is 29.5 Å². The van der Waals surface area contributed by atoms with E-state index in [0.29, 0.717) is 5.13 Å². The molecule has 1 aliphatic rings. The smallest absolute Gasteiger partial charge is 0.180 e. The number of thiazole rings is 1. The van der Waals surface area contributed by atoms with Crippen LogP contribution in [0.4, 0.5) is 10.8 Å². The van der Waals surface area contributed by atoms with Gasteiger partial charge in [-0.2, -0.15) is 0 Å². The topological polar surface area (TPSA) is 68.2 Å². The standard InChI is InChI=1S/C16H20N4S/c17-13-5-1-3-12(11-13)4-2-8-20-9-6-14-15(7-10-20)21-16(18)19-14/h1-5,11H,6-10,17H2,(H2,18,19). The highest BCUT2D eigenvalue weighted by atomic mass is 32.1. The predicted octanol–water partition coefficient (Wildman–Crippen LogP) is 2.42. The molecule has 0 fully saturated rings. The number of rotatable bonds is 3. The predicted molar refractivity (Wildman–Crippen MR) is 90.3 cm³/mol. The zero-order chi connectivity index (χ0) is 14.7. The van der Waals surface area contributed by atoms with Gasteiger partial charge in [0, 0.05) is 36.6 Å². The Balaban J connectivity index is 1.56. The van der Waals surface area contributed by atoms with E-state index in [1.54, 1.807) is 11.3 Å². The fourth-order valence-corrected chi connectivity index (χ4v) is 3.48. The average molecular weight is 300 g/mol. The van der Waals surface area contributed by atoms with Crippen LogP contribution in [-0.2, 0) is 12.8 Å². The Labute approximate surface area is 129 Å². The number of fused-ring (bicyclic) bond motifs is 1. The van der Waals surface area contributed by atoms with E-state index in [1.807, 2.05) is 18.2 Å². The molecule has 3 rings (SSSR count). The molecule has 2 aromatic rings. The quantitative estimate of drug-likeness (QED) is 0.854. The molecule has 0 bridgehead atoms. The lowest BCUT2D eigenvalue weighted by molar-refractivity contribution is 0.318. The van der Waals surface area contributed by atoms with Crippen LogP contribution in [0.2, 0.25) is 0 Å². The zero-order valence-electron chi connectivity index (χ0n) is 12.0. The molecule has 0 spiro atoms. The molecule has 4 N–H and O–H groups in total. The van der Waals surface area contributed by atoms with E-state index in [2.05, 4.69) is 28.1 Å². The van der Waals surface area contributed by atoms with Crippen molar-refractivity contribution < 1.29 is 0 Å². The third kappa shape index (κ3) is 3.62. The molecule has 0 radical (unpaired) electrons. The fourth-order valence-electron chi connectivity index (χ4n) is 2.61. The number of nitrogens with zero attached hydrogens (tertiary/aromatic N) is 2. The van der Waals surface area contributed by atoms with Crippen molar-refractivity contribution in [2.45, 2.75) is 12.8 Å². The highest BCUT2D eigenvalue weighted by molar-refractivity contribution is 7.15. The van der Waals surface area contributed by atoms with Gasteiger partial charge in [0.25, 0.3) is 0 Å². The first-order valence-electron chi connectivity index (χ1n) is 7.19. The molecule has 110 valence electrons. The molecule has 0 saturated carbocycles. The summed E-state index contributed by atoms with van der Waals surface area (Å²) in [5.74, 6) is 0. The molecule has 0 amide bonds. The molecule has 4 nitrogen and oxygen atoms in total. The number of nitrogens with two attached hydrogens (primary N) is 2. The van der Waals surface area contributed by atoms with Gasteiger partial charge in [0.1, 0.15) is 0 Å². The molecular formula is C16H20N4S. The number of nitrogen functional groups attached to an aromatic ring is 2. The second kappa shape index (κ2) is 6.28. The van der Waals surface area contributed by atoms with Gasteiger partial charge in [-0.25, -0.2) is 4.98 Å². The summed E-state index contributed by atoms with van der Waals surface area (Å²) >= 11 is 1.64. The number of hydrogen-bond acceptors (Lipinski definition) is 5. The Kier molecular flexibility index (Phi) is 4.22. The molecule has 0 unspecified atom stereocenters. The van der Waals surface area contributed by atoms with E-state index in [-0.39, 0.29) is 0 Å². The normalized spacial score (nSPS) is 16.0. The van der Waals surface area contributed by atoms with Gasteiger partial charge in [-0.15, -0.1) is 11.3 Å². The van der Waals surface area contributed by atoms with Gasteiger partial charge in [0.15, 0.2) is 5.13 Å². The lowest BCUT2D eigenvalue weighted by atomic mass is 10.2. The summed E-state index contributed by atoms with van der Waals surface area (Å²) in [5, 5.41) is 0.704. The van der Waals surface area contributed by atoms with E-state index < -0.39 is 0 Å². The molecular weight excluding hydrogens is 280 g/mol. The summed E-state index contributed by atoms with van der Waals surface area (Å²) in [4.78, 5) is 8.23. The first kappa shape index (κ1) is 14.1. The van der Waals surface area contributed by atoms with Gasteiger partial charge < -0.3 is 11.5 Å². The summed E-state index contributed by atoms with van der Waals surface area (Å²) in [6, 6.07) is 7.95. The highest BCUT2D eigenvalue weighted by Gasteiger charge is 2.16. The molecule has 1 aliphatic heterocycles.